The molecule has 1 unspecified atom stereocenters. The fraction of sp³-hybridized carbons (Fsp3) is 0.417. The number of oxazole rings is 1. The second-order valence-electron chi connectivity index (χ2n) is 8.92. The second kappa shape index (κ2) is 7.54. The number of hydrogen-bond donors (Lipinski definition) is 0. The van der Waals surface area contributed by atoms with Crippen LogP contribution in [-0.4, -0.2) is 29.4 Å². The summed E-state index contributed by atoms with van der Waals surface area (Å²) in [4.78, 5) is 19.5. The third kappa shape index (κ3) is 4.00. The molecule has 0 spiro atoms. The lowest BCUT2D eigenvalue weighted by Crippen LogP contribution is -2.33. The van der Waals surface area contributed by atoms with E-state index in [1.54, 1.807) is 7.11 Å². The fourth-order valence-electron chi connectivity index (χ4n) is 4.02. The monoisotopic (exact) mass is 392 g/mol. The Kier molecular flexibility index (Phi) is 5.07. The van der Waals surface area contributed by atoms with Crippen LogP contribution < -0.4 is 4.74 Å². The van der Waals surface area contributed by atoms with Gasteiger partial charge in [0.1, 0.15) is 17.3 Å². The Balaban J connectivity index is 1.65. The van der Waals surface area contributed by atoms with E-state index >= 15 is 0 Å². The van der Waals surface area contributed by atoms with Crippen molar-refractivity contribution < 1.29 is 13.9 Å². The van der Waals surface area contributed by atoms with Gasteiger partial charge in [-0.1, -0.05) is 45.0 Å². The molecule has 29 heavy (non-hydrogen) atoms. The molecule has 0 aliphatic carbocycles. The van der Waals surface area contributed by atoms with Crippen molar-refractivity contribution in [3.63, 3.8) is 0 Å². The van der Waals surface area contributed by atoms with Crippen molar-refractivity contribution in [1.82, 2.24) is 9.88 Å². The summed E-state index contributed by atoms with van der Waals surface area (Å²) in [5, 5.41) is 0. The lowest BCUT2D eigenvalue weighted by molar-refractivity contribution is -0.134. The summed E-state index contributed by atoms with van der Waals surface area (Å²) in [5.41, 5.74) is 3.56. The van der Waals surface area contributed by atoms with Crippen molar-refractivity contribution in [2.45, 2.75) is 46.1 Å². The molecule has 1 aliphatic rings. The van der Waals surface area contributed by atoms with Gasteiger partial charge >= 0.3 is 0 Å². The lowest BCUT2D eigenvalue weighted by atomic mass is 9.91. The standard InChI is InChI=1S/C24H28N2O3/c1-24(2,3)15-22(27)26-13-7-9-19(26)23-25-18-14-16(11-12-21(18)29-23)17-8-5-6-10-20(17)28-4/h5-6,8,10-12,14,19H,7,9,13,15H2,1-4H3. The molecule has 1 atom stereocenters. The number of ether oxygens (including phenoxy) is 1. The van der Waals surface area contributed by atoms with Gasteiger partial charge in [0.15, 0.2) is 5.58 Å². The van der Waals surface area contributed by atoms with E-state index in [9.17, 15) is 4.79 Å². The van der Waals surface area contributed by atoms with Gasteiger partial charge in [0, 0.05) is 18.5 Å². The number of aromatic nitrogens is 1. The van der Waals surface area contributed by atoms with Crippen molar-refractivity contribution in [3.8, 4) is 16.9 Å². The number of hydrogen-bond acceptors (Lipinski definition) is 4. The Hall–Kier alpha value is -2.82. The minimum atomic E-state index is -0.0769. The highest BCUT2D eigenvalue weighted by Gasteiger charge is 2.34. The Morgan fingerprint density at radius 2 is 2.03 bits per heavy atom. The minimum absolute atomic E-state index is 0.0326. The molecular weight excluding hydrogens is 364 g/mol. The molecule has 1 aromatic heterocycles. The Morgan fingerprint density at radius 1 is 1.24 bits per heavy atom. The molecule has 4 rings (SSSR count). The summed E-state index contributed by atoms with van der Waals surface area (Å²) >= 11 is 0. The van der Waals surface area contributed by atoms with Crippen molar-refractivity contribution >= 4 is 17.0 Å². The first-order valence-electron chi connectivity index (χ1n) is 10.2. The Labute approximate surface area is 171 Å². The molecule has 2 aromatic carbocycles. The molecular formula is C24H28N2O3. The summed E-state index contributed by atoms with van der Waals surface area (Å²) in [6.45, 7) is 7.04. The SMILES string of the molecule is COc1ccccc1-c1ccc2oc(C3CCCN3C(=O)CC(C)(C)C)nc2c1. The first-order chi connectivity index (χ1) is 13.9. The summed E-state index contributed by atoms with van der Waals surface area (Å²) in [6.07, 6.45) is 2.40. The molecule has 1 aliphatic heterocycles. The van der Waals surface area contributed by atoms with Gasteiger partial charge in [0.25, 0.3) is 0 Å². The zero-order valence-electron chi connectivity index (χ0n) is 17.6. The molecule has 1 fully saturated rings. The second-order valence-corrected chi connectivity index (χ2v) is 8.92. The van der Waals surface area contributed by atoms with E-state index in [1.807, 2.05) is 47.4 Å². The fourth-order valence-corrected chi connectivity index (χ4v) is 4.02. The van der Waals surface area contributed by atoms with Gasteiger partial charge in [-0.3, -0.25) is 4.79 Å². The van der Waals surface area contributed by atoms with Gasteiger partial charge in [-0.25, -0.2) is 4.98 Å². The summed E-state index contributed by atoms with van der Waals surface area (Å²) in [6, 6.07) is 13.8. The zero-order valence-corrected chi connectivity index (χ0v) is 17.6. The van der Waals surface area contributed by atoms with Crippen molar-refractivity contribution in [1.29, 1.82) is 0 Å². The average molecular weight is 392 g/mol. The molecule has 1 amide bonds. The van der Waals surface area contributed by atoms with Crippen LogP contribution in [0.4, 0.5) is 0 Å². The van der Waals surface area contributed by atoms with Crippen molar-refractivity contribution in [2.75, 3.05) is 13.7 Å². The highest BCUT2D eigenvalue weighted by Crippen LogP contribution is 2.37. The number of methoxy groups -OCH3 is 1. The quantitative estimate of drug-likeness (QED) is 0.580. The Morgan fingerprint density at radius 3 is 2.79 bits per heavy atom. The summed E-state index contributed by atoms with van der Waals surface area (Å²) in [7, 11) is 1.68. The van der Waals surface area contributed by atoms with Crippen LogP contribution in [0.1, 0.15) is 52.0 Å². The Bertz CT molecular complexity index is 1030. The molecule has 2 heterocycles. The van der Waals surface area contributed by atoms with Crippen LogP contribution in [-0.2, 0) is 4.79 Å². The third-order valence-electron chi connectivity index (χ3n) is 5.36. The topological polar surface area (TPSA) is 55.6 Å². The number of amides is 1. The van der Waals surface area contributed by atoms with E-state index < -0.39 is 0 Å². The molecule has 152 valence electrons. The number of para-hydroxylation sites is 1. The summed E-state index contributed by atoms with van der Waals surface area (Å²) < 4.78 is 11.6. The van der Waals surface area contributed by atoms with Gasteiger partial charge in [-0.15, -0.1) is 0 Å². The molecule has 0 radical (unpaired) electrons. The lowest BCUT2D eigenvalue weighted by Gasteiger charge is -2.26. The van der Waals surface area contributed by atoms with Crippen LogP contribution in [0.5, 0.6) is 5.75 Å². The van der Waals surface area contributed by atoms with Crippen molar-refractivity contribution in [3.05, 3.63) is 48.4 Å². The van der Waals surface area contributed by atoms with Gasteiger partial charge in [-0.2, -0.15) is 0 Å². The highest BCUT2D eigenvalue weighted by atomic mass is 16.5. The highest BCUT2D eigenvalue weighted by molar-refractivity contribution is 5.82. The molecule has 0 N–H and O–H groups in total. The van der Waals surface area contributed by atoms with Crippen LogP contribution in [0.15, 0.2) is 46.9 Å². The predicted molar refractivity (Wildman–Crippen MR) is 114 cm³/mol. The number of benzene rings is 2. The van der Waals surface area contributed by atoms with E-state index in [0.717, 1.165) is 47.4 Å². The maximum Gasteiger partial charge on any atom is 0.223 e. The first kappa shape index (κ1) is 19.5. The maximum atomic E-state index is 12.8. The summed E-state index contributed by atoms with van der Waals surface area (Å²) in [5.74, 6) is 1.64. The maximum absolute atomic E-state index is 12.8. The van der Waals surface area contributed by atoms with Gasteiger partial charge in [0.2, 0.25) is 11.8 Å². The van der Waals surface area contributed by atoms with E-state index in [4.69, 9.17) is 14.1 Å². The number of carbonyl (C=O) groups excluding carboxylic acids is 1. The predicted octanol–water partition coefficient (Wildman–Crippen LogP) is 5.60. The number of carbonyl (C=O) groups is 1. The zero-order chi connectivity index (χ0) is 20.6. The number of fused-ring (bicyclic) bond motifs is 1. The van der Waals surface area contributed by atoms with E-state index in [2.05, 4.69) is 20.8 Å². The molecule has 0 saturated carbocycles. The number of nitrogens with zero attached hydrogens (tertiary/aromatic N) is 2. The van der Waals surface area contributed by atoms with E-state index in [-0.39, 0.29) is 17.4 Å². The molecule has 0 bridgehead atoms. The van der Waals surface area contributed by atoms with Crippen molar-refractivity contribution in [2.24, 2.45) is 5.41 Å². The number of likely N-dealkylation sites (tertiary alicyclic amines) is 1. The van der Waals surface area contributed by atoms with E-state index in [1.165, 1.54) is 0 Å². The molecule has 3 aromatic rings. The first-order valence-corrected chi connectivity index (χ1v) is 10.2. The third-order valence-corrected chi connectivity index (χ3v) is 5.36. The van der Waals surface area contributed by atoms with Crippen LogP contribution >= 0.6 is 0 Å². The average Bonchev–Trinajstić information content (AvgIpc) is 3.32. The van der Waals surface area contributed by atoms with Gasteiger partial charge < -0.3 is 14.1 Å². The molecule has 5 heteroatoms. The van der Waals surface area contributed by atoms with Crippen LogP contribution in [0.3, 0.4) is 0 Å². The normalized spacial score (nSPS) is 17.1. The van der Waals surface area contributed by atoms with Gasteiger partial charge in [-0.05, 0) is 42.0 Å². The van der Waals surface area contributed by atoms with Crippen LogP contribution in [0.2, 0.25) is 0 Å². The molecule has 5 nitrogen and oxygen atoms in total. The van der Waals surface area contributed by atoms with E-state index in [0.29, 0.717) is 12.3 Å². The van der Waals surface area contributed by atoms with Crippen LogP contribution in [0.25, 0.3) is 22.2 Å². The van der Waals surface area contributed by atoms with Crippen LogP contribution in [0, 0.1) is 5.41 Å². The molecule has 1 saturated heterocycles. The smallest absolute Gasteiger partial charge is 0.223 e. The largest absolute Gasteiger partial charge is 0.496 e. The number of rotatable bonds is 4. The van der Waals surface area contributed by atoms with Gasteiger partial charge in [0.05, 0.1) is 7.11 Å². The minimum Gasteiger partial charge on any atom is -0.496 e.